The molecule has 0 unspecified atom stereocenters. The summed E-state index contributed by atoms with van der Waals surface area (Å²) in [4.78, 5) is 6.68. The maximum absolute atomic E-state index is 12.0. The van der Waals surface area contributed by atoms with Gasteiger partial charge in [0.2, 0.25) is 0 Å². The number of hydrogen-bond donors (Lipinski definition) is 2. The van der Waals surface area contributed by atoms with Crippen LogP contribution in [-0.2, 0) is 16.4 Å². The Morgan fingerprint density at radius 2 is 2.05 bits per heavy atom. The number of benzene rings is 1. The van der Waals surface area contributed by atoms with E-state index in [1.807, 2.05) is 13.0 Å². The molecule has 7 heteroatoms. The molecule has 19 heavy (non-hydrogen) atoms. The standard InChI is InChI=1S/C12H12N4O2S/c1-2-11-14-8-12(15-11)19(17,18)16-10-5-3-9(7-13)4-6-10/h3-6,8,16H,2H2,1H3,(H,14,15). The molecule has 0 saturated heterocycles. The predicted octanol–water partition coefficient (Wildman–Crippen LogP) is 1.64. The van der Waals surface area contributed by atoms with Crippen LogP contribution in [0.4, 0.5) is 5.69 Å². The summed E-state index contributed by atoms with van der Waals surface area (Å²) in [5.74, 6) is 0.611. The average molecular weight is 276 g/mol. The molecule has 1 heterocycles. The largest absolute Gasteiger partial charge is 0.332 e. The lowest BCUT2D eigenvalue weighted by Gasteiger charge is -2.05. The topological polar surface area (TPSA) is 98.6 Å². The summed E-state index contributed by atoms with van der Waals surface area (Å²) in [6.45, 7) is 1.88. The van der Waals surface area contributed by atoms with Crippen molar-refractivity contribution in [2.75, 3.05) is 4.72 Å². The lowest BCUT2D eigenvalue weighted by atomic mass is 10.2. The minimum atomic E-state index is -3.67. The van der Waals surface area contributed by atoms with Crippen LogP contribution in [0, 0.1) is 11.3 Å². The Kier molecular flexibility index (Phi) is 3.53. The van der Waals surface area contributed by atoms with Gasteiger partial charge in [0.25, 0.3) is 10.0 Å². The van der Waals surface area contributed by atoms with Crippen molar-refractivity contribution in [3.63, 3.8) is 0 Å². The van der Waals surface area contributed by atoms with Crippen molar-refractivity contribution >= 4 is 15.7 Å². The van der Waals surface area contributed by atoms with E-state index in [1.165, 1.54) is 18.3 Å². The highest BCUT2D eigenvalue weighted by molar-refractivity contribution is 7.92. The van der Waals surface area contributed by atoms with Crippen LogP contribution < -0.4 is 4.72 Å². The Labute approximate surface area is 111 Å². The number of anilines is 1. The van der Waals surface area contributed by atoms with Crippen LogP contribution in [0.3, 0.4) is 0 Å². The Balaban J connectivity index is 2.23. The second-order valence-corrected chi connectivity index (χ2v) is 5.49. The second kappa shape index (κ2) is 5.12. The van der Waals surface area contributed by atoms with Crippen molar-refractivity contribution in [2.45, 2.75) is 18.4 Å². The van der Waals surface area contributed by atoms with Gasteiger partial charge in [-0.1, -0.05) is 6.92 Å². The normalized spacial score (nSPS) is 10.9. The number of hydrogen-bond acceptors (Lipinski definition) is 4. The zero-order valence-electron chi connectivity index (χ0n) is 10.2. The molecular formula is C12H12N4O2S. The first-order chi connectivity index (χ1) is 9.05. The molecule has 1 aromatic carbocycles. The molecule has 2 rings (SSSR count). The summed E-state index contributed by atoms with van der Waals surface area (Å²) in [7, 11) is -3.67. The predicted molar refractivity (Wildman–Crippen MR) is 69.9 cm³/mol. The quantitative estimate of drug-likeness (QED) is 0.886. The number of sulfonamides is 1. The van der Waals surface area contributed by atoms with Gasteiger partial charge in [0, 0.05) is 12.1 Å². The maximum Gasteiger partial charge on any atom is 0.278 e. The van der Waals surface area contributed by atoms with Crippen molar-refractivity contribution in [1.82, 2.24) is 9.97 Å². The van der Waals surface area contributed by atoms with Crippen LogP contribution in [0.1, 0.15) is 18.3 Å². The maximum atomic E-state index is 12.0. The zero-order valence-corrected chi connectivity index (χ0v) is 11.0. The second-order valence-electron chi connectivity index (χ2n) is 3.84. The van der Waals surface area contributed by atoms with E-state index in [1.54, 1.807) is 12.1 Å². The van der Waals surface area contributed by atoms with E-state index < -0.39 is 10.0 Å². The molecule has 0 spiro atoms. The molecular weight excluding hydrogens is 264 g/mol. The third kappa shape index (κ3) is 2.92. The minimum absolute atomic E-state index is 0.0220. The summed E-state index contributed by atoms with van der Waals surface area (Å²) in [5, 5.41) is 8.69. The third-order valence-corrected chi connectivity index (χ3v) is 3.79. The van der Waals surface area contributed by atoms with E-state index in [0.717, 1.165) is 0 Å². The summed E-state index contributed by atoms with van der Waals surface area (Å²) in [5.41, 5.74) is 0.865. The van der Waals surface area contributed by atoms with Gasteiger partial charge in [-0.15, -0.1) is 0 Å². The molecule has 0 radical (unpaired) electrons. The lowest BCUT2D eigenvalue weighted by molar-refractivity contribution is 0.598. The molecule has 0 aliphatic carbocycles. The summed E-state index contributed by atoms with van der Waals surface area (Å²) >= 11 is 0. The fourth-order valence-electron chi connectivity index (χ4n) is 1.48. The van der Waals surface area contributed by atoms with E-state index in [4.69, 9.17) is 5.26 Å². The minimum Gasteiger partial charge on any atom is -0.332 e. The van der Waals surface area contributed by atoms with Gasteiger partial charge in [-0.25, -0.2) is 4.98 Å². The van der Waals surface area contributed by atoms with E-state index in [0.29, 0.717) is 23.5 Å². The number of aromatic nitrogens is 2. The Bertz CT molecular complexity index is 711. The molecule has 6 nitrogen and oxygen atoms in total. The first-order valence-electron chi connectivity index (χ1n) is 5.62. The fraction of sp³-hybridized carbons (Fsp3) is 0.167. The zero-order chi connectivity index (χ0) is 13.9. The molecule has 2 N–H and O–H groups in total. The van der Waals surface area contributed by atoms with E-state index in [2.05, 4.69) is 14.7 Å². The molecule has 0 fully saturated rings. The third-order valence-electron chi connectivity index (χ3n) is 2.50. The number of nitrogens with zero attached hydrogens (tertiary/aromatic N) is 2. The monoisotopic (exact) mass is 276 g/mol. The summed E-state index contributed by atoms with van der Waals surface area (Å²) < 4.78 is 26.5. The summed E-state index contributed by atoms with van der Waals surface area (Å²) in [6, 6.07) is 8.12. The van der Waals surface area contributed by atoms with Gasteiger partial charge in [-0.05, 0) is 24.3 Å². The number of aromatic amines is 1. The molecule has 0 amide bonds. The van der Waals surface area contributed by atoms with Crippen molar-refractivity contribution in [1.29, 1.82) is 5.26 Å². The van der Waals surface area contributed by atoms with Crippen LogP contribution in [-0.4, -0.2) is 18.4 Å². The van der Waals surface area contributed by atoms with Gasteiger partial charge in [0.05, 0.1) is 17.8 Å². The first-order valence-corrected chi connectivity index (χ1v) is 7.10. The number of imidazole rings is 1. The Hall–Kier alpha value is -2.33. The molecule has 0 aliphatic heterocycles. The van der Waals surface area contributed by atoms with Crippen molar-refractivity contribution in [3.05, 3.63) is 41.9 Å². The highest BCUT2D eigenvalue weighted by Gasteiger charge is 2.16. The first kappa shape index (κ1) is 13.1. The number of aryl methyl sites for hydroxylation is 1. The fourth-order valence-corrected chi connectivity index (χ4v) is 2.48. The van der Waals surface area contributed by atoms with Gasteiger partial charge in [0.15, 0.2) is 5.03 Å². The molecule has 1 aromatic heterocycles. The Morgan fingerprint density at radius 3 is 2.58 bits per heavy atom. The molecule has 0 bridgehead atoms. The molecule has 98 valence electrons. The van der Waals surface area contributed by atoms with Crippen LogP contribution >= 0.6 is 0 Å². The van der Waals surface area contributed by atoms with Crippen molar-refractivity contribution < 1.29 is 8.42 Å². The average Bonchev–Trinajstić information content (AvgIpc) is 2.89. The van der Waals surface area contributed by atoms with Gasteiger partial charge < -0.3 is 4.98 Å². The van der Waals surface area contributed by atoms with Crippen LogP contribution in [0.5, 0.6) is 0 Å². The number of H-pyrrole nitrogens is 1. The lowest BCUT2D eigenvalue weighted by Crippen LogP contribution is -2.13. The molecule has 0 saturated carbocycles. The van der Waals surface area contributed by atoms with Crippen LogP contribution in [0.25, 0.3) is 0 Å². The van der Waals surface area contributed by atoms with Crippen molar-refractivity contribution in [3.8, 4) is 6.07 Å². The van der Waals surface area contributed by atoms with Crippen LogP contribution in [0.2, 0.25) is 0 Å². The van der Waals surface area contributed by atoms with Gasteiger partial charge >= 0.3 is 0 Å². The van der Waals surface area contributed by atoms with Gasteiger partial charge in [-0.2, -0.15) is 13.7 Å². The highest BCUT2D eigenvalue weighted by Crippen LogP contribution is 2.15. The number of nitriles is 1. The van der Waals surface area contributed by atoms with Gasteiger partial charge in [0.1, 0.15) is 5.82 Å². The van der Waals surface area contributed by atoms with Crippen LogP contribution in [0.15, 0.2) is 35.5 Å². The number of nitrogens with one attached hydrogen (secondary N) is 2. The van der Waals surface area contributed by atoms with Gasteiger partial charge in [-0.3, -0.25) is 4.72 Å². The smallest absolute Gasteiger partial charge is 0.278 e. The highest BCUT2D eigenvalue weighted by atomic mass is 32.2. The SMILES string of the molecule is CCc1ncc(S(=O)(=O)Nc2ccc(C#N)cc2)[nH]1. The summed E-state index contributed by atoms with van der Waals surface area (Å²) in [6.07, 6.45) is 1.91. The Morgan fingerprint density at radius 1 is 1.37 bits per heavy atom. The molecule has 2 aromatic rings. The van der Waals surface area contributed by atoms with E-state index in [9.17, 15) is 8.42 Å². The van der Waals surface area contributed by atoms with Crippen molar-refractivity contribution in [2.24, 2.45) is 0 Å². The molecule has 0 aliphatic rings. The molecule has 0 atom stereocenters. The van der Waals surface area contributed by atoms with E-state index in [-0.39, 0.29) is 5.03 Å². The number of rotatable bonds is 4. The van der Waals surface area contributed by atoms with E-state index >= 15 is 0 Å².